The highest BCUT2D eigenvalue weighted by Crippen LogP contribution is 2.28. The Morgan fingerprint density at radius 1 is 1.27 bits per heavy atom. The van der Waals surface area contributed by atoms with Gasteiger partial charge in [0.05, 0.1) is 11.7 Å². The molecule has 0 bridgehead atoms. The zero-order chi connectivity index (χ0) is 19.5. The third-order valence-corrected chi connectivity index (χ3v) is 5.59. The lowest BCUT2D eigenvalue weighted by atomic mass is 10.1. The molecule has 146 valence electrons. The Morgan fingerprint density at radius 2 is 1.96 bits per heavy atom. The monoisotopic (exact) mass is 393 g/mol. The van der Waals surface area contributed by atoms with Crippen molar-refractivity contribution >= 4 is 10.0 Å². The van der Waals surface area contributed by atoms with Gasteiger partial charge in [-0.3, -0.25) is 9.36 Å². The minimum atomic E-state index is -4.50. The van der Waals surface area contributed by atoms with E-state index in [0.29, 0.717) is 25.1 Å². The fourth-order valence-corrected chi connectivity index (χ4v) is 3.81. The van der Waals surface area contributed by atoms with Gasteiger partial charge in [-0.1, -0.05) is 6.92 Å². The highest BCUT2D eigenvalue weighted by molar-refractivity contribution is 7.89. The summed E-state index contributed by atoms with van der Waals surface area (Å²) < 4.78 is 68.0. The second kappa shape index (κ2) is 7.78. The average molecular weight is 393 g/mol. The zero-order valence-corrected chi connectivity index (χ0v) is 15.6. The molecule has 7 nitrogen and oxygen atoms in total. The van der Waals surface area contributed by atoms with Gasteiger partial charge in [-0.05, 0) is 32.8 Å². The fraction of sp³-hybridized carbons (Fsp3) is 0.600. The molecule has 1 atom stereocenters. The summed E-state index contributed by atoms with van der Waals surface area (Å²) in [6.45, 7) is 5.90. The molecule has 1 N–H and O–H groups in total. The molecule has 0 saturated carbocycles. The van der Waals surface area contributed by atoms with Gasteiger partial charge in [0.1, 0.15) is 4.90 Å². The molecule has 1 unspecified atom stereocenters. The molecule has 0 fully saturated rings. The van der Waals surface area contributed by atoms with Gasteiger partial charge in [-0.25, -0.2) is 13.1 Å². The van der Waals surface area contributed by atoms with E-state index in [1.807, 2.05) is 13.8 Å². The van der Waals surface area contributed by atoms with E-state index in [-0.39, 0.29) is 17.5 Å². The molecule has 0 amide bonds. The van der Waals surface area contributed by atoms with Gasteiger partial charge in [-0.2, -0.15) is 23.4 Å². The molecule has 0 aliphatic rings. The van der Waals surface area contributed by atoms with Crippen molar-refractivity contribution in [3.63, 3.8) is 0 Å². The smallest absolute Gasteiger partial charge is 0.271 e. The number of aryl methyl sites for hydroxylation is 2. The van der Waals surface area contributed by atoms with Crippen LogP contribution in [0.15, 0.2) is 23.4 Å². The molecular weight excluding hydrogens is 371 g/mol. The summed E-state index contributed by atoms with van der Waals surface area (Å²) in [5.41, 5.74) is -0.563. The van der Waals surface area contributed by atoms with Crippen LogP contribution in [0.1, 0.15) is 44.1 Å². The Hall–Kier alpha value is -1.88. The first-order chi connectivity index (χ1) is 12.1. The van der Waals surface area contributed by atoms with Crippen molar-refractivity contribution in [3.05, 3.63) is 29.8 Å². The molecule has 2 heterocycles. The van der Waals surface area contributed by atoms with E-state index in [0.717, 1.165) is 6.07 Å². The Labute approximate surface area is 150 Å². The van der Waals surface area contributed by atoms with Crippen LogP contribution in [0.2, 0.25) is 0 Å². The first-order valence-electron chi connectivity index (χ1n) is 8.24. The topological polar surface area (TPSA) is 81.8 Å². The number of hydrogen-bond acceptors (Lipinski definition) is 4. The Bertz CT molecular complexity index is 842. The van der Waals surface area contributed by atoms with E-state index in [4.69, 9.17) is 0 Å². The van der Waals surface area contributed by atoms with Crippen LogP contribution in [0.5, 0.6) is 0 Å². The van der Waals surface area contributed by atoms with E-state index in [2.05, 4.69) is 14.9 Å². The van der Waals surface area contributed by atoms with Crippen LogP contribution in [0, 0.1) is 6.92 Å². The van der Waals surface area contributed by atoms with Crippen molar-refractivity contribution in [2.45, 2.75) is 57.3 Å². The minimum absolute atomic E-state index is 0.0821. The summed E-state index contributed by atoms with van der Waals surface area (Å²) in [5, 5.41) is 7.66. The van der Waals surface area contributed by atoms with E-state index in [9.17, 15) is 21.6 Å². The van der Waals surface area contributed by atoms with Crippen LogP contribution in [0.4, 0.5) is 13.2 Å². The van der Waals surface area contributed by atoms with E-state index in [1.54, 1.807) is 6.92 Å². The third-order valence-electron chi connectivity index (χ3n) is 4.03. The number of rotatable bonds is 8. The molecule has 2 aromatic heterocycles. The maximum absolute atomic E-state index is 12.7. The second-order valence-electron chi connectivity index (χ2n) is 5.86. The number of sulfonamides is 1. The van der Waals surface area contributed by atoms with Crippen molar-refractivity contribution in [1.29, 1.82) is 0 Å². The molecule has 2 rings (SSSR count). The van der Waals surface area contributed by atoms with Crippen LogP contribution in [0.25, 0.3) is 0 Å². The highest BCUT2D eigenvalue weighted by Gasteiger charge is 2.34. The van der Waals surface area contributed by atoms with E-state index in [1.165, 1.54) is 21.8 Å². The van der Waals surface area contributed by atoms with Crippen molar-refractivity contribution in [3.8, 4) is 0 Å². The molecule has 26 heavy (non-hydrogen) atoms. The Kier molecular flexibility index (Phi) is 6.12. The normalized spacial score (nSPS) is 13.9. The molecular formula is C15H22F3N5O2S. The molecule has 0 radical (unpaired) electrons. The van der Waals surface area contributed by atoms with Crippen LogP contribution >= 0.6 is 0 Å². The van der Waals surface area contributed by atoms with Gasteiger partial charge in [0, 0.05) is 25.5 Å². The standard InChI is InChI=1S/C15H22F3N5O2S/c1-4-12(23-9-7-14(21-23)15(16,17)18)6-8-19-26(24,25)13-10-22(5-2)20-11(13)3/h7,9-10,12,19H,4-6,8H2,1-3H3. The lowest BCUT2D eigenvalue weighted by Gasteiger charge is -2.16. The lowest BCUT2D eigenvalue weighted by molar-refractivity contribution is -0.141. The van der Waals surface area contributed by atoms with Crippen LogP contribution in [-0.4, -0.2) is 34.5 Å². The fourth-order valence-electron chi connectivity index (χ4n) is 2.58. The third kappa shape index (κ3) is 4.64. The van der Waals surface area contributed by atoms with Gasteiger partial charge in [0.15, 0.2) is 5.69 Å². The van der Waals surface area contributed by atoms with Gasteiger partial charge in [0.25, 0.3) is 0 Å². The first kappa shape index (κ1) is 20.4. The van der Waals surface area contributed by atoms with E-state index >= 15 is 0 Å². The quantitative estimate of drug-likeness (QED) is 0.748. The number of nitrogens with zero attached hydrogens (tertiary/aromatic N) is 4. The largest absolute Gasteiger partial charge is 0.435 e. The maximum Gasteiger partial charge on any atom is 0.435 e. The number of aromatic nitrogens is 4. The van der Waals surface area contributed by atoms with Crippen molar-refractivity contribution in [2.24, 2.45) is 0 Å². The summed E-state index contributed by atoms with van der Waals surface area (Å²) >= 11 is 0. The SMILES string of the molecule is CCC(CCNS(=O)(=O)c1cn(CC)nc1C)n1ccc(C(F)(F)F)n1. The van der Waals surface area contributed by atoms with Crippen molar-refractivity contribution < 1.29 is 21.6 Å². The predicted molar refractivity (Wildman–Crippen MR) is 89.0 cm³/mol. The van der Waals surface area contributed by atoms with Gasteiger partial charge in [-0.15, -0.1) is 0 Å². The summed E-state index contributed by atoms with van der Waals surface area (Å²) in [7, 11) is -3.73. The Balaban J connectivity index is 2.02. The molecule has 0 aliphatic heterocycles. The molecule has 2 aromatic rings. The number of alkyl halides is 3. The van der Waals surface area contributed by atoms with Crippen molar-refractivity contribution in [1.82, 2.24) is 24.3 Å². The molecule has 0 saturated heterocycles. The Morgan fingerprint density at radius 3 is 2.46 bits per heavy atom. The molecule has 11 heteroatoms. The van der Waals surface area contributed by atoms with Crippen LogP contribution < -0.4 is 4.72 Å². The zero-order valence-electron chi connectivity index (χ0n) is 14.8. The average Bonchev–Trinajstić information content (AvgIpc) is 3.18. The minimum Gasteiger partial charge on any atom is -0.271 e. The molecule has 0 aliphatic carbocycles. The van der Waals surface area contributed by atoms with Crippen LogP contribution in [-0.2, 0) is 22.7 Å². The van der Waals surface area contributed by atoms with Gasteiger partial charge >= 0.3 is 6.18 Å². The van der Waals surface area contributed by atoms with Gasteiger partial charge < -0.3 is 0 Å². The second-order valence-corrected chi connectivity index (χ2v) is 7.60. The lowest BCUT2D eigenvalue weighted by Crippen LogP contribution is -2.27. The van der Waals surface area contributed by atoms with E-state index < -0.39 is 21.9 Å². The van der Waals surface area contributed by atoms with Crippen molar-refractivity contribution in [2.75, 3.05) is 6.54 Å². The molecule has 0 aromatic carbocycles. The first-order valence-corrected chi connectivity index (χ1v) is 9.72. The summed E-state index contributed by atoms with van der Waals surface area (Å²) in [5.74, 6) is 0. The predicted octanol–water partition coefficient (Wildman–Crippen LogP) is 2.75. The molecule has 0 spiro atoms. The highest BCUT2D eigenvalue weighted by atomic mass is 32.2. The maximum atomic E-state index is 12.7. The number of nitrogens with one attached hydrogen (secondary N) is 1. The van der Waals surface area contributed by atoms with Crippen LogP contribution in [0.3, 0.4) is 0 Å². The summed E-state index contributed by atoms with van der Waals surface area (Å²) in [6.07, 6.45) is -0.940. The summed E-state index contributed by atoms with van der Waals surface area (Å²) in [4.78, 5) is 0.103. The summed E-state index contributed by atoms with van der Waals surface area (Å²) in [6, 6.07) is 0.572. The number of halogens is 3. The van der Waals surface area contributed by atoms with Gasteiger partial charge in [0.2, 0.25) is 10.0 Å². The number of hydrogen-bond donors (Lipinski definition) is 1.